The van der Waals surface area contributed by atoms with Gasteiger partial charge in [-0.25, -0.2) is 0 Å². The van der Waals surface area contributed by atoms with Crippen LogP contribution in [0.3, 0.4) is 0 Å². The van der Waals surface area contributed by atoms with E-state index in [-0.39, 0.29) is 12.2 Å². The molecule has 0 amide bonds. The van der Waals surface area contributed by atoms with Gasteiger partial charge in [0.25, 0.3) is 5.56 Å². The van der Waals surface area contributed by atoms with Gasteiger partial charge in [0.2, 0.25) is 0 Å². The van der Waals surface area contributed by atoms with Gasteiger partial charge in [0.05, 0.1) is 5.60 Å². The third-order valence-corrected chi connectivity index (χ3v) is 3.09. The summed E-state index contributed by atoms with van der Waals surface area (Å²) in [7, 11) is 0. The summed E-state index contributed by atoms with van der Waals surface area (Å²) in [5, 5.41) is 9.69. The van der Waals surface area contributed by atoms with Gasteiger partial charge in [-0.1, -0.05) is 0 Å². The minimum absolute atomic E-state index is 0.0560. The lowest BCUT2D eigenvalue weighted by molar-refractivity contribution is 0.0282. The molecule has 0 bridgehead atoms. The normalized spacial score (nSPS) is 11.5. The maximum Gasteiger partial charge on any atom is 0.255 e. The van der Waals surface area contributed by atoms with Crippen LogP contribution < -0.4 is 10.3 Å². The first kappa shape index (κ1) is 15.3. The van der Waals surface area contributed by atoms with Crippen LogP contribution in [0.25, 0.3) is 5.69 Å². The predicted octanol–water partition coefficient (Wildman–Crippen LogP) is 2.60. The molecule has 0 aliphatic carbocycles. The van der Waals surface area contributed by atoms with Crippen molar-refractivity contribution in [1.29, 1.82) is 0 Å². The topological polar surface area (TPSA) is 51.5 Å². The zero-order valence-corrected chi connectivity index (χ0v) is 12.9. The van der Waals surface area contributed by atoms with E-state index in [9.17, 15) is 9.90 Å². The first-order valence-corrected chi connectivity index (χ1v) is 6.92. The summed E-state index contributed by atoms with van der Waals surface area (Å²) in [6.07, 6.45) is 1.77. The molecular formula is C17H21NO3. The van der Waals surface area contributed by atoms with Crippen LogP contribution in [0, 0.1) is 13.8 Å². The van der Waals surface area contributed by atoms with Crippen molar-refractivity contribution in [3.05, 3.63) is 58.0 Å². The number of aliphatic hydroxyl groups is 1. The Kier molecular flexibility index (Phi) is 4.19. The fourth-order valence-corrected chi connectivity index (χ4v) is 1.99. The maximum atomic E-state index is 12.0. The van der Waals surface area contributed by atoms with Gasteiger partial charge in [-0.15, -0.1) is 0 Å². The molecule has 4 nitrogen and oxygen atoms in total. The first-order valence-electron chi connectivity index (χ1n) is 6.92. The molecule has 112 valence electrons. The molecule has 21 heavy (non-hydrogen) atoms. The Morgan fingerprint density at radius 3 is 2.48 bits per heavy atom. The molecule has 0 fully saturated rings. The SMILES string of the molecule is Cc1ccn(-c2ccc(OCC(C)(C)O)c(C)c2)c(=O)c1. The van der Waals surface area contributed by atoms with Gasteiger partial charge < -0.3 is 9.84 Å². The minimum Gasteiger partial charge on any atom is -0.490 e. The van der Waals surface area contributed by atoms with E-state index in [0.29, 0.717) is 5.75 Å². The van der Waals surface area contributed by atoms with Gasteiger partial charge in [0.15, 0.2) is 0 Å². The number of hydrogen-bond acceptors (Lipinski definition) is 3. The van der Waals surface area contributed by atoms with Gasteiger partial charge >= 0.3 is 0 Å². The second-order valence-corrected chi connectivity index (χ2v) is 5.96. The largest absolute Gasteiger partial charge is 0.490 e. The highest BCUT2D eigenvalue weighted by Gasteiger charge is 2.14. The summed E-state index contributed by atoms with van der Waals surface area (Å²) in [5.74, 6) is 0.709. The van der Waals surface area contributed by atoms with Crippen LogP contribution in [-0.4, -0.2) is 21.9 Å². The Morgan fingerprint density at radius 2 is 1.90 bits per heavy atom. The number of pyridine rings is 1. The highest BCUT2D eigenvalue weighted by molar-refractivity contribution is 5.44. The van der Waals surface area contributed by atoms with Crippen LogP contribution in [0.2, 0.25) is 0 Å². The van der Waals surface area contributed by atoms with Crippen LogP contribution in [-0.2, 0) is 0 Å². The average molecular weight is 287 g/mol. The molecule has 4 heteroatoms. The molecule has 1 heterocycles. The Morgan fingerprint density at radius 1 is 1.19 bits per heavy atom. The number of hydrogen-bond donors (Lipinski definition) is 1. The Bertz CT molecular complexity index is 696. The summed E-state index contributed by atoms with van der Waals surface area (Å²) in [6, 6.07) is 9.06. The lowest BCUT2D eigenvalue weighted by Crippen LogP contribution is -2.28. The molecule has 0 atom stereocenters. The predicted molar refractivity (Wildman–Crippen MR) is 83.3 cm³/mol. The fourth-order valence-electron chi connectivity index (χ4n) is 1.99. The van der Waals surface area contributed by atoms with Gasteiger partial charge in [-0.2, -0.15) is 0 Å². The Labute approximate surface area is 124 Å². The highest BCUT2D eigenvalue weighted by Crippen LogP contribution is 2.21. The van der Waals surface area contributed by atoms with Crippen molar-refractivity contribution >= 4 is 0 Å². The standard InChI is InChI=1S/C17H21NO3/c1-12-7-8-18(16(19)9-12)14-5-6-15(13(2)10-14)21-11-17(3,4)20/h5-10,20H,11H2,1-4H3. The molecule has 0 unspecified atom stereocenters. The highest BCUT2D eigenvalue weighted by atomic mass is 16.5. The number of rotatable bonds is 4. The van der Waals surface area contributed by atoms with Gasteiger partial charge in [0.1, 0.15) is 12.4 Å². The van der Waals surface area contributed by atoms with Gasteiger partial charge in [0, 0.05) is 18.0 Å². The van der Waals surface area contributed by atoms with E-state index < -0.39 is 5.60 Å². The summed E-state index contributed by atoms with van der Waals surface area (Å²) in [5.41, 5.74) is 1.73. The van der Waals surface area contributed by atoms with Crippen molar-refractivity contribution in [2.45, 2.75) is 33.3 Å². The molecule has 0 radical (unpaired) electrons. The molecule has 1 N–H and O–H groups in total. The van der Waals surface area contributed by atoms with Gasteiger partial charge in [-0.05, 0) is 63.1 Å². The molecule has 0 aliphatic rings. The first-order chi connectivity index (χ1) is 9.76. The smallest absolute Gasteiger partial charge is 0.255 e. The van der Waals surface area contributed by atoms with Crippen LogP contribution >= 0.6 is 0 Å². The van der Waals surface area contributed by atoms with Crippen LogP contribution in [0.1, 0.15) is 25.0 Å². The van der Waals surface area contributed by atoms with Crippen molar-refractivity contribution in [1.82, 2.24) is 4.57 Å². The lowest BCUT2D eigenvalue weighted by atomic mass is 10.1. The van der Waals surface area contributed by atoms with Crippen molar-refractivity contribution in [2.24, 2.45) is 0 Å². The molecule has 0 saturated heterocycles. The zero-order chi connectivity index (χ0) is 15.6. The number of ether oxygens (including phenoxy) is 1. The van der Waals surface area contributed by atoms with Crippen molar-refractivity contribution in [3.63, 3.8) is 0 Å². The summed E-state index contributed by atoms with van der Waals surface area (Å²) in [4.78, 5) is 12.0. The molecular weight excluding hydrogens is 266 g/mol. The summed E-state index contributed by atoms with van der Waals surface area (Å²) >= 11 is 0. The van der Waals surface area contributed by atoms with E-state index in [2.05, 4.69) is 0 Å². The van der Waals surface area contributed by atoms with E-state index in [0.717, 1.165) is 16.8 Å². The monoisotopic (exact) mass is 287 g/mol. The summed E-state index contributed by atoms with van der Waals surface area (Å²) < 4.78 is 7.20. The van der Waals surface area contributed by atoms with Crippen LogP contribution in [0.5, 0.6) is 5.75 Å². The van der Waals surface area contributed by atoms with Crippen LogP contribution in [0.4, 0.5) is 0 Å². The van der Waals surface area contributed by atoms with E-state index in [1.807, 2.05) is 38.1 Å². The molecule has 2 aromatic rings. The van der Waals surface area contributed by atoms with Crippen molar-refractivity contribution in [2.75, 3.05) is 6.61 Å². The van der Waals surface area contributed by atoms with E-state index in [1.54, 1.807) is 30.7 Å². The molecule has 0 spiro atoms. The van der Waals surface area contributed by atoms with Gasteiger partial charge in [-0.3, -0.25) is 9.36 Å². The third-order valence-electron chi connectivity index (χ3n) is 3.09. The Hall–Kier alpha value is -2.07. The zero-order valence-electron chi connectivity index (χ0n) is 12.9. The number of benzene rings is 1. The second kappa shape index (κ2) is 5.74. The number of aromatic nitrogens is 1. The quantitative estimate of drug-likeness (QED) is 0.940. The fraction of sp³-hybridized carbons (Fsp3) is 0.353. The third kappa shape index (κ3) is 3.95. The Balaban J connectivity index is 2.28. The van der Waals surface area contributed by atoms with E-state index in [1.165, 1.54) is 0 Å². The molecule has 0 aliphatic heterocycles. The molecule has 1 aromatic carbocycles. The van der Waals surface area contributed by atoms with Crippen molar-refractivity contribution in [3.8, 4) is 11.4 Å². The summed E-state index contributed by atoms with van der Waals surface area (Å²) in [6.45, 7) is 7.43. The van der Waals surface area contributed by atoms with E-state index in [4.69, 9.17) is 4.74 Å². The van der Waals surface area contributed by atoms with Crippen molar-refractivity contribution < 1.29 is 9.84 Å². The molecule has 0 saturated carbocycles. The average Bonchev–Trinajstić information content (AvgIpc) is 2.36. The molecule has 2 rings (SSSR count). The lowest BCUT2D eigenvalue weighted by Gasteiger charge is -2.19. The second-order valence-electron chi connectivity index (χ2n) is 5.96. The van der Waals surface area contributed by atoms with E-state index >= 15 is 0 Å². The number of aryl methyl sites for hydroxylation is 2. The number of nitrogens with zero attached hydrogens (tertiary/aromatic N) is 1. The minimum atomic E-state index is -0.876. The molecule has 1 aromatic heterocycles. The van der Waals surface area contributed by atoms with Crippen LogP contribution in [0.15, 0.2) is 41.3 Å². The maximum absolute atomic E-state index is 12.0.